The van der Waals surface area contributed by atoms with E-state index in [0.717, 1.165) is 24.2 Å². The predicted octanol–water partition coefficient (Wildman–Crippen LogP) is 3.00. The zero-order chi connectivity index (χ0) is 20.1. The quantitative estimate of drug-likeness (QED) is 0.802. The SMILES string of the molecule is CC(=O)N(CC(=O)N1CCN(c2cccc(C)c2)CC1)Cc1cccc(C)c1. The summed E-state index contributed by atoms with van der Waals surface area (Å²) in [6.07, 6.45) is 0. The van der Waals surface area contributed by atoms with Gasteiger partial charge in [-0.25, -0.2) is 0 Å². The maximum absolute atomic E-state index is 12.8. The van der Waals surface area contributed by atoms with Gasteiger partial charge in [0.2, 0.25) is 11.8 Å². The van der Waals surface area contributed by atoms with Crippen molar-refractivity contribution in [2.75, 3.05) is 37.6 Å². The highest BCUT2D eigenvalue weighted by Crippen LogP contribution is 2.18. The molecule has 1 heterocycles. The van der Waals surface area contributed by atoms with E-state index in [2.05, 4.69) is 42.2 Å². The van der Waals surface area contributed by atoms with Crippen LogP contribution >= 0.6 is 0 Å². The van der Waals surface area contributed by atoms with Crippen LogP contribution < -0.4 is 4.90 Å². The second-order valence-corrected chi connectivity index (χ2v) is 7.57. The number of nitrogens with zero attached hydrogens (tertiary/aromatic N) is 3. The lowest BCUT2D eigenvalue weighted by Gasteiger charge is -2.37. The molecule has 0 bridgehead atoms. The van der Waals surface area contributed by atoms with Crippen molar-refractivity contribution in [3.63, 3.8) is 0 Å². The van der Waals surface area contributed by atoms with Gasteiger partial charge in [0.05, 0.1) is 0 Å². The number of piperazine rings is 1. The van der Waals surface area contributed by atoms with Crippen molar-refractivity contribution in [1.82, 2.24) is 9.80 Å². The summed E-state index contributed by atoms with van der Waals surface area (Å²) >= 11 is 0. The average molecular weight is 380 g/mol. The fourth-order valence-electron chi connectivity index (χ4n) is 3.61. The molecule has 5 heteroatoms. The summed E-state index contributed by atoms with van der Waals surface area (Å²) in [5, 5.41) is 0. The Bertz CT molecular complexity index is 841. The summed E-state index contributed by atoms with van der Waals surface area (Å²) in [5.41, 5.74) is 4.65. The molecule has 0 aromatic heterocycles. The molecular weight excluding hydrogens is 350 g/mol. The van der Waals surface area contributed by atoms with Gasteiger partial charge in [0.1, 0.15) is 6.54 Å². The number of amides is 2. The Morgan fingerprint density at radius 3 is 2.18 bits per heavy atom. The molecular formula is C23H29N3O2. The van der Waals surface area contributed by atoms with Crippen LogP contribution in [0.25, 0.3) is 0 Å². The van der Waals surface area contributed by atoms with Gasteiger partial charge in [-0.1, -0.05) is 42.0 Å². The van der Waals surface area contributed by atoms with Crippen molar-refractivity contribution in [3.05, 3.63) is 65.2 Å². The van der Waals surface area contributed by atoms with Crippen molar-refractivity contribution in [2.45, 2.75) is 27.3 Å². The molecule has 1 aliphatic heterocycles. The van der Waals surface area contributed by atoms with Gasteiger partial charge in [0, 0.05) is 45.3 Å². The van der Waals surface area contributed by atoms with Crippen molar-refractivity contribution in [2.24, 2.45) is 0 Å². The summed E-state index contributed by atoms with van der Waals surface area (Å²) in [6.45, 7) is 9.24. The topological polar surface area (TPSA) is 43.9 Å². The van der Waals surface area contributed by atoms with Crippen LogP contribution in [-0.2, 0) is 16.1 Å². The minimum Gasteiger partial charge on any atom is -0.368 e. The summed E-state index contributed by atoms with van der Waals surface area (Å²) in [6, 6.07) is 16.5. The van der Waals surface area contributed by atoms with Crippen LogP contribution in [0.4, 0.5) is 5.69 Å². The van der Waals surface area contributed by atoms with E-state index in [1.807, 2.05) is 30.0 Å². The first kappa shape index (κ1) is 19.9. The fourth-order valence-corrected chi connectivity index (χ4v) is 3.61. The first-order valence-corrected chi connectivity index (χ1v) is 9.83. The molecule has 1 saturated heterocycles. The molecule has 5 nitrogen and oxygen atoms in total. The second-order valence-electron chi connectivity index (χ2n) is 7.57. The number of rotatable bonds is 5. The third-order valence-corrected chi connectivity index (χ3v) is 5.23. The van der Waals surface area contributed by atoms with Crippen molar-refractivity contribution >= 4 is 17.5 Å². The number of hydrogen-bond donors (Lipinski definition) is 0. The van der Waals surface area contributed by atoms with E-state index < -0.39 is 0 Å². The van der Waals surface area contributed by atoms with Gasteiger partial charge in [-0.15, -0.1) is 0 Å². The standard InChI is InChI=1S/C23H29N3O2/c1-18-6-4-8-21(14-18)16-26(20(3)27)17-23(28)25-12-10-24(11-13-25)22-9-5-7-19(2)15-22/h4-9,14-15H,10-13,16-17H2,1-3H3. The molecule has 2 amide bonds. The molecule has 1 fully saturated rings. The number of benzene rings is 2. The average Bonchev–Trinajstić information content (AvgIpc) is 2.67. The summed E-state index contributed by atoms with van der Waals surface area (Å²) in [7, 11) is 0. The van der Waals surface area contributed by atoms with Crippen LogP contribution in [0.2, 0.25) is 0 Å². The van der Waals surface area contributed by atoms with Gasteiger partial charge in [-0.05, 0) is 37.1 Å². The molecule has 0 radical (unpaired) electrons. The normalized spacial score (nSPS) is 14.1. The zero-order valence-corrected chi connectivity index (χ0v) is 17.0. The minimum absolute atomic E-state index is 0.0201. The van der Waals surface area contributed by atoms with E-state index in [0.29, 0.717) is 19.6 Å². The lowest BCUT2D eigenvalue weighted by molar-refractivity contribution is -0.140. The number of carbonyl (C=O) groups is 2. The largest absolute Gasteiger partial charge is 0.368 e. The van der Waals surface area contributed by atoms with Crippen LogP contribution in [0.1, 0.15) is 23.6 Å². The maximum atomic E-state index is 12.8. The monoisotopic (exact) mass is 379 g/mol. The Hall–Kier alpha value is -2.82. The molecule has 0 N–H and O–H groups in total. The van der Waals surface area contributed by atoms with Crippen LogP contribution in [0.5, 0.6) is 0 Å². The smallest absolute Gasteiger partial charge is 0.242 e. The van der Waals surface area contributed by atoms with Crippen molar-refractivity contribution in [3.8, 4) is 0 Å². The number of anilines is 1. The van der Waals surface area contributed by atoms with Gasteiger partial charge >= 0.3 is 0 Å². The van der Waals surface area contributed by atoms with E-state index in [9.17, 15) is 9.59 Å². The van der Waals surface area contributed by atoms with E-state index in [4.69, 9.17) is 0 Å². The molecule has 0 unspecified atom stereocenters. The lowest BCUT2D eigenvalue weighted by atomic mass is 10.1. The number of carbonyl (C=O) groups excluding carboxylic acids is 2. The van der Waals surface area contributed by atoms with Gasteiger partial charge in [0.15, 0.2) is 0 Å². The number of aryl methyl sites for hydroxylation is 2. The Labute approximate surface area is 167 Å². The van der Waals surface area contributed by atoms with Crippen LogP contribution in [0.3, 0.4) is 0 Å². The molecule has 2 aromatic carbocycles. The Morgan fingerprint density at radius 2 is 1.57 bits per heavy atom. The third-order valence-electron chi connectivity index (χ3n) is 5.23. The van der Waals surface area contributed by atoms with E-state index in [1.165, 1.54) is 18.2 Å². The molecule has 28 heavy (non-hydrogen) atoms. The minimum atomic E-state index is -0.0757. The molecule has 1 aliphatic rings. The lowest BCUT2D eigenvalue weighted by Crippen LogP contribution is -2.51. The van der Waals surface area contributed by atoms with E-state index >= 15 is 0 Å². The fraction of sp³-hybridized carbons (Fsp3) is 0.391. The highest BCUT2D eigenvalue weighted by atomic mass is 16.2. The van der Waals surface area contributed by atoms with Crippen molar-refractivity contribution in [1.29, 1.82) is 0 Å². The van der Waals surface area contributed by atoms with Crippen LogP contribution in [0.15, 0.2) is 48.5 Å². The van der Waals surface area contributed by atoms with Crippen LogP contribution in [-0.4, -0.2) is 54.3 Å². The molecule has 0 atom stereocenters. The maximum Gasteiger partial charge on any atom is 0.242 e. The molecule has 3 rings (SSSR count). The van der Waals surface area contributed by atoms with Crippen LogP contribution in [0, 0.1) is 13.8 Å². The molecule has 2 aromatic rings. The third kappa shape index (κ3) is 5.12. The van der Waals surface area contributed by atoms with E-state index in [-0.39, 0.29) is 18.4 Å². The van der Waals surface area contributed by atoms with Gasteiger partial charge < -0.3 is 14.7 Å². The molecule has 0 aliphatic carbocycles. The van der Waals surface area contributed by atoms with Gasteiger partial charge in [-0.2, -0.15) is 0 Å². The number of hydrogen-bond acceptors (Lipinski definition) is 3. The summed E-state index contributed by atoms with van der Waals surface area (Å²) in [4.78, 5) is 30.7. The summed E-state index contributed by atoms with van der Waals surface area (Å²) in [5.74, 6) is -0.0556. The predicted molar refractivity (Wildman–Crippen MR) is 112 cm³/mol. The Morgan fingerprint density at radius 1 is 0.929 bits per heavy atom. The van der Waals surface area contributed by atoms with Gasteiger partial charge in [-0.3, -0.25) is 9.59 Å². The molecule has 0 saturated carbocycles. The first-order chi connectivity index (χ1) is 13.4. The van der Waals surface area contributed by atoms with Gasteiger partial charge in [0.25, 0.3) is 0 Å². The summed E-state index contributed by atoms with van der Waals surface area (Å²) < 4.78 is 0. The molecule has 148 valence electrons. The Kier molecular flexibility index (Phi) is 6.34. The van der Waals surface area contributed by atoms with E-state index in [1.54, 1.807) is 4.90 Å². The zero-order valence-electron chi connectivity index (χ0n) is 17.0. The Balaban J connectivity index is 1.57. The van der Waals surface area contributed by atoms with Crippen molar-refractivity contribution < 1.29 is 9.59 Å². The highest BCUT2D eigenvalue weighted by Gasteiger charge is 2.24. The highest BCUT2D eigenvalue weighted by molar-refractivity contribution is 5.84. The first-order valence-electron chi connectivity index (χ1n) is 9.83. The molecule has 0 spiro atoms. The second kappa shape index (κ2) is 8.91.